The summed E-state index contributed by atoms with van der Waals surface area (Å²) >= 11 is -0.0715. The standard InChI is InChI=1S/C9H9N3O3Se/c1-3-7-11-12-5(8(14)15-2)4-6(13)10-9(12)16-7/h4H,3H2,1-2H3. The van der Waals surface area contributed by atoms with Crippen molar-refractivity contribution in [3.8, 4) is 0 Å². The van der Waals surface area contributed by atoms with Gasteiger partial charge in [0.05, 0.1) is 0 Å². The second kappa shape index (κ2) is 4.19. The van der Waals surface area contributed by atoms with E-state index in [-0.39, 0.29) is 20.2 Å². The number of carbonyl (C=O) groups excluding carboxylic acids is 1. The van der Waals surface area contributed by atoms with Crippen molar-refractivity contribution in [3.63, 3.8) is 0 Å². The molecule has 0 unspecified atom stereocenters. The van der Waals surface area contributed by atoms with Crippen LogP contribution in [0.2, 0.25) is 0 Å². The van der Waals surface area contributed by atoms with Crippen LogP contribution in [-0.4, -0.2) is 42.2 Å². The van der Waals surface area contributed by atoms with Gasteiger partial charge in [0.2, 0.25) is 0 Å². The third-order valence-electron chi connectivity index (χ3n) is 1.99. The Kier molecular flexibility index (Phi) is 2.89. The summed E-state index contributed by atoms with van der Waals surface area (Å²) in [7, 11) is 1.27. The number of fused-ring (bicyclic) bond motifs is 1. The molecule has 0 aliphatic rings. The monoisotopic (exact) mass is 287 g/mol. The summed E-state index contributed by atoms with van der Waals surface area (Å²) in [6.45, 7) is 1.98. The first kappa shape index (κ1) is 11.0. The molecule has 2 heterocycles. The molecule has 2 aromatic rings. The molecule has 0 amide bonds. The molecule has 0 fully saturated rings. The summed E-state index contributed by atoms with van der Waals surface area (Å²) in [6.07, 6.45) is 0.790. The van der Waals surface area contributed by atoms with Crippen LogP contribution in [0.15, 0.2) is 10.9 Å². The van der Waals surface area contributed by atoms with Gasteiger partial charge in [-0.15, -0.1) is 0 Å². The zero-order chi connectivity index (χ0) is 11.7. The number of esters is 1. The van der Waals surface area contributed by atoms with Crippen molar-refractivity contribution in [1.29, 1.82) is 0 Å². The van der Waals surface area contributed by atoms with Crippen molar-refractivity contribution in [2.24, 2.45) is 0 Å². The summed E-state index contributed by atoms with van der Waals surface area (Å²) in [6, 6.07) is 1.15. The van der Waals surface area contributed by atoms with Crippen LogP contribution in [0, 0.1) is 0 Å². The first-order valence-electron chi connectivity index (χ1n) is 4.63. The molecular formula is C9H9N3O3Se. The Labute approximate surface area is 96.6 Å². The number of aryl methyl sites for hydroxylation is 1. The molecule has 0 radical (unpaired) electrons. The van der Waals surface area contributed by atoms with E-state index in [1.165, 1.54) is 11.6 Å². The molecule has 0 bridgehead atoms. The second-order valence-corrected chi connectivity index (χ2v) is 5.20. The van der Waals surface area contributed by atoms with Gasteiger partial charge in [-0.1, -0.05) is 0 Å². The summed E-state index contributed by atoms with van der Waals surface area (Å²) in [5, 5.41) is 4.24. The van der Waals surface area contributed by atoms with Gasteiger partial charge in [0.25, 0.3) is 0 Å². The van der Waals surface area contributed by atoms with Crippen LogP contribution < -0.4 is 5.56 Å². The fraction of sp³-hybridized carbons (Fsp3) is 0.333. The number of methoxy groups -OCH3 is 1. The van der Waals surface area contributed by atoms with E-state index < -0.39 is 11.5 Å². The first-order valence-corrected chi connectivity index (χ1v) is 6.35. The van der Waals surface area contributed by atoms with E-state index in [0.29, 0.717) is 4.52 Å². The topological polar surface area (TPSA) is 73.6 Å². The summed E-state index contributed by atoms with van der Waals surface area (Å²) in [4.78, 5) is 26.6. The molecule has 2 aromatic heterocycles. The maximum absolute atomic E-state index is 11.4. The zero-order valence-corrected chi connectivity index (χ0v) is 10.5. The van der Waals surface area contributed by atoms with Crippen molar-refractivity contribution in [2.45, 2.75) is 13.3 Å². The van der Waals surface area contributed by atoms with Crippen LogP contribution in [-0.2, 0) is 11.2 Å². The van der Waals surface area contributed by atoms with Crippen LogP contribution in [0.1, 0.15) is 22.0 Å². The van der Waals surface area contributed by atoms with E-state index >= 15 is 0 Å². The van der Waals surface area contributed by atoms with Gasteiger partial charge in [0, 0.05) is 0 Å². The quantitative estimate of drug-likeness (QED) is 0.549. The van der Waals surface area contributed by atoms with Crippen LogP contribution in [0.25, 0.3) is 4.52 Å². The Hall–Kier alpha value is -1.46. The fourth-order valence-corrected chi connectivity index (χ4v) is 3.01. The molecule has 84 valence electrons. The molecule has 7 heteroatoms. The van der Waals surface area contributed by atoms with Crippen molar-refractivity contribution in [2.75, 3.05) is 7.11 Å². The van der Waals surface area contributed by atoms with E-state index in [1.54, 1.807) is 0 Å². The van der Waals surface area contributed by atoms with Gasteiger partial charge in [-0.25, -0.2) is 0 Å². The molecule has 16 heavy (non-hydrogen) atoms. The summed E-state index contributed by atoms with van der Waals surface area (Å²) in [5.41, 5.74) is -0.288. The molecule has 0 saturated heterocycles. The first-order chi connectivity index (χ1) is 7.65. The van der Waals surface area contributed by atoms with Crippen LogP contribution in [0.4, 0.5) is 0 Å². The molecule has 0 N–H and O–H groups in total. The molecule has 0 atom stereocenters. The normalized spacial score (nSPS) is 10.6. The average molecular weight is 286 g/mol. The van der Waals surface area contributed by atoms with Gasteiger partial charge >= 0.3 is 96.3 Å². The van der Waals surface area contributed by atoms with Crippen molar-refractivity contribution in [3.05, 3.63) is 26.7 Å². The third kappa shape index (κ3) is 1.79. The van der Waals surface area contributed by atoms with Crippen LogP contribution >= 0.6 is 0 Å². The van der Waals surface area contributed by atoms with Crippen LogP contribution in [0.5, 0.6) is 0 Å². The van der Waals surface area contributed by atoms with Gasteiger partial charge in [-0.3, -0.25) is 0 Å². The van der Waals surface area contributed by atoms with Gasteiger partial charge in [-0.2, -0.15) is 0 Å². The zero-order valence-electron chi connectivity index (χ0n) is 8.76. The average Bonchev–Trinajstić information content (AvgIpc) is 2.69. The van der Waals surface area contributed by atoms with Crippen molar-refractivity contribution < 1.29 is 9.53 Å². The molecule has 0 aliphatic carbocycles. The van der Waals surface area contributed by atoms with Crippen molar-refractivity contribution in [1.82, 2.24) is 14.6 Å². The SMILES string of the molecule is CCc1nn2c(C(=O)OC)cc(=O)nc2[se]1. The summed E-state index contributed by atoms with van der Waals surface area (Å²) in [5.74, 6) is -0.572. The molecule has 2 rings (SSSR count). The van der Waals surface area contributed by atoms with Gasteiger partial charge in [-0.05, 0) is 0 Å². The van der Waals surface area contributed by atoms with Gasteiger partial charge in [0.15, 0.2) is 0 Å². The van der Waals surface area contributed by atoms with E-state index in [0.717, 1.165) is 17.1 Å². The van der Waals surface area contributed by atoms with Gasteiger partial charge < -0.3 is 0 Å². The predicted octanol–water partition coefficient (Wildman–Crippen LogP) is -0.505. The number of hydrogen-bond acceptors (Lipinski definition) is 5. The Bertz CT molecular complexity index is 602. The number of aromatic nitrogens is 3. The summed E-state index contributed by atoms with van der Waals surface area (Å²) < 4.78 is 7.51. The fourth-order valence-electron chi connectivity index (χ4n) is 1.25. The maximum atomic E-state index is 11.4. The number of hydrogen-bond donors (Lipinski definition) is 0. The number of rotatable bonds is 2. The molecule has 0 spiro atoms. The minimum atomic E-state index is -0.572. The molecule has 0 saturated carbocycles. The van der Waals surface area contributed by atoms with E-state index in [2.05, 4.69) is 14.8 Å². The Balaban J connectivity index is 2.75. The van der Waals surface area contributed by atoms with Gasteiger partial charge in [0.1, 0.15) is 0 Å². The van der Waals surface area contributed by atoms with Crippen molar-refractivity contribution >= 4 is 25.0 Å². The van der Waals surface area contributed by atoms with E-state index in [9.17, 15) is 9.59 Å². The predicted molar refractivity (Wildman–Crippen MR) is 56.9 cm³/mol. The number of ether oxygens (including phenoxy) is 1. The molecular weight excluding hydrogens is 277 g/mol. The Morgan fingerprint density at radius 1 is 1.62 bits per heavy atom. The Morgan fingerprint density at radius 3 is 3.00 bits per heavy atom. The van der Waals surface area contributed by atoms with E-state index in [1.807, 2.05) is 6.92 Å². The van der Waals surface area contributed by atoms with Crippen LogP contribution in [0.3, 0.4) is 0 Å². The Morgan fingerprint density at radius 2 is 2.38 bits per heavy atom. The minimum absolute atomic E-state index is 0.0715. The third-order valence-corrected chi connectivity index (χ3v) is 4.20. The van der Waals surface area contributed by atoms with E-state index in [4.69, 9.17) is 0 Å². The number of carbonyl (C=O) groups is 1. The molecule has 0 aliphatic heterocycles. The molecule has 6 nitrogen and oxygen atoms in total. The number of nitrogens with zero attached hydrogens (tertiary/aromatic N) is 3. The molecule has 0 aromatic carbocycles. The second-order valence-electron chi connectivity index (χ2n) is 3.01.